The Labute approximate surface area is 71.9 Å². The maximum atomic E-state index is 3.92. The summed E-state index contributed by atoms with van der Waals surface area (Å²) >= 11 is 0. The molecule has 0 unspecified atom stereocenters. The molecule has 0 bridgehead atoms. The van der Waals surface area contributed by atoms with E-state index in [1.807, 2.05) is 7.05 Å². The molecule has 3 N–H and O–H groups in total. The molecule has 0 fully saturated rings. The van der Waals surface area contributed by atoms with E-state index in [2.05, 4.69) is 26.0 Å². The van der Waals surface area contributed by atoms with Crippen molar-refractivity contribution >= 4 is 0 Å². The van der Waals surface area contributed by atoms with Gasteiger partial charge in [-0.2, -0.15) is 15.4 Å². The lowest BCUT2D eigenvalue weighted by atomic mass is 10.4. The predicted octanol–water partition coefficient (Wildman–Crippen LogP) is -0.496. The van der Waals surface area contributed by atoms with Gasteiger partial charge in [-0.1, -0.05) is 0 Å². The quantitative estimate of drug-likeness (QED) is 0.502. The van der Waals surface area contributed by atoms with Gasteiger partial charge in [-0.3, -0.25) is 0 Å². The number of nitrogens with zero attached hydrogens (tertiary/aromatic N) is 2. The zero-order chi connectivity index (χ0) is 8.65. The Balaban J connectivity index is 1.96. The molecule has 1 aromatic rings. The Morgan fingerprint density at radius 1 is 1.50 bits per heavy atom. The van der Waals surface area contributed by atoms with Gasteiger partial charge < -0.3 is 10.6 Å². The standard InChI is InChI=1S/C7H15N5/c1-8-3-2-4-9-5-7-6-10-12-11-7/h6,8-9H,2-5H2,1H3,(H,10,11,12). The topological polar surface area (TPSA) is 65.6 Å². The molecule has 0 spiro atoms. The smallest absolute Gasteiger partial charge is 0.0962 e. The molecule has 0 aliphatic heterocycles. The summed E-state index contributed by atoms with van der Waals surface area (Å²) in [7, 11) is 1.96. The highest BCUT2D eigenvalue weighted by Gasteiger charge is 1.93. The van der Waals surface area contributed by atoms with Crippen LogP contribution in [0.25, 0.3) is 0 Å². The number of nitrogens with one attached hydrogen (secondary N) is 3. The van der Waals surface area contributed by atoms with Crippen LogP contribution < -0.4 is 10.6 Å². The molecule has 5 heteroatoms. The minimum atomic E-state index is 0.792. The van der Waals surface area contributed by atoms with Crippen molar-refractivity contribution in [1.82, 2.24) is 26.0 Å². The van der Waals surface area contributed by atoms with Crippen LogP contribution in [0.4, 0.5) is 0 Å². The maximum Gasteiger partial charge on any atom is 0.0962 e. The summed E-state index contributed by atoms with van der Waals surface area (Å²) in [6.07, 6.45) is 2.86. The van der Waals surface area contributed by atoms with Crippen LogP contribution in [0, 0.1) is 0 Å². The molecule has 0 saturated heterocycles. The minimum Gasteiger partial charge on any atom is -0.320 e. The van der Waals surface area contributed by atoms with Gasteiger partial charge in [0.2, 0.25) is 0 Å². The van der Waals surface area contributed by atoms with Gasteiger partial charge in [0.05, 0.1) is 11.9 Å². The van der Waals surface area contributed by atoms with Crippen molar-refractivity contribution < 1.29 is 0 Å². The molecule has 0 aliphatic carbocycles. The van der Waals surface area contributed by atoms with Crippen LogP contribution >= 0.6 is 0 Å². The Hall–Kier alpha value is -0.940. The zero-order valence-corrected chi connectivity index (χ0v) is 7.30. The maximum absolute atomic E-state index is 3.92. The van der Waals surface area contributed by atoms with E-state index in [1.165, 1.54) is 0 Å². The highest BCUT2D eigenvalue weighted by atomic mass is 15.3. The number of H-pyrrole nitrogens is 1. The van der Waals surface area contributed by atoms with E-state index in [0.717, 1.165) is 31.7 Å². The molecule has 0 amide bonds. The Bertz CT molecular complexity index is 184. The molecule has 0 saturated carbocycles. The summed E-state index contributed by atoms with van der Waals surface area (Å²) in [5, 5.41) is 16.5. The lowest BCUT2D eigenvalue weighted by Crippen LogP contribution is -2.19. The fourth-order valence-electron chi connectivity index (χ4n) is 0.917. The molecule has 1 rings (SSSR count). The first-order chi connectivity index (χ1) is 5.93. The first kappa shape index (κ1) is 9.15. The number of aromatic amines is 1. The summed E-state index contributed by atoms with van der Waals surface area (Å²) in [6, 6.07) is 0. The second-order valence-corrected chi connectivity index (χ2v) is 2.60. The highest BCUT2D eigenvalue weighted by Crippen LogP contribution is 1.86. The van der Waals surface area contributed by atoms with Crippen molar-refractivity contribution in [2.75, 3.05) is 20.1 Å². The SMILES string of the molecule is CNCCCNCc1cn[nH]n1. The average Bonchev–Trinajstić information content (AvgIpc) is 2.57. The summed E-state index contributed by atoms with van der Waals surface area (Å²) in [4.78, 5) is 0. The van der Waals surface area contributed by atoms with Gasteiger partial charge >= 0.3 is 0 Å². The third-order valence-electron chi connectivity index (χ3n) is 1.55. The van der Waals surface area contributed by atoms with Crippen LogP contribution in [-0.2, 0) is 6.54 Å². The van der Waals surface area contributed by atoms with E-state index in [0.29, 0.717) is 0 Å². The number of aromatic nitrogens is 3. The summed E-state index contributed by atoms with van der Waals surface area (Å²) in [5.74, 6) is 0. The fourth-order valence-corrected chi connectivity index (χ4v) is 0.917. The van der Waals surface area contributed by atoms with Crippen molar-refractivity contribution in [3.05, 3.63) is 11.9 Å². The third-order valence-corrected chi connectivity index (χ3v) is 1.55. The molecule has 0 aromatic carbocycles. The predicted molar refractivity (Wildman–Crippen MR) is 46.6 cm³/mol. The van der Waals surface area contributed by atoms with Crippen molar-refractivity contribution in [1.29, 1.82) is 0 Å². The fraction of sp³-hybridized carbons (Fsp3) is 0.714. The van der Waals surface area contributed by atoms with Crippen molar-refractivity contribution in [3.63, 3.8) is 0 Å². The van der Waals surface area contributed by atoms with Crippen LogP contribution in [-0.4, -0.2) is 35.5 Å². The Morgan fingerprint density at radius 3 is 3.08 bits per heavy atom. The van der Waals surface area contributed by atoms with Gasteiger partial charge in [-0.15, -0.1) is 0 Å². The lowest BCUT2D eigenvalue weighted by molar-refractivity contribution is 0.618. The average molecular weight is 169 g/mol. The first-order valence-electron chi connectivity index (χ1n) is 4.13. The van der Waals surface area contributed by atoms with E-state index in [9.17, 15) is 0 Å². The van der Waals surface area contributed by atoms with Gasteiger partial charge in [0.25, 0.3) is 0 Å². The van der Waals surface area contributed by atoms with Gasteiger partial charge in [0, 0.05) is 6.54 Å². The third kappa shape index (κ3) is 3.45. The highest BCUT2D eigenvalue weighted by molar-refractivity contribution is 4.88. The van der Waals surface area contributed by atoms with Gasteiger partial charge in [0.15, 0.2) is 0 Å². The van der Waals surface area contributed by atoms with E-state index < -0.39 is 0 Å². The van der Waals surface area contributed by atoms with E-state index in [-0.39, 0.29) is 0 Å². The van der Waals surface area contributed by atoms with Crippen molar-refractivity contribution in [3.8, 4) is 0 Å². The Kier molecular flexibility index (Phi) is 4.33. The molecule has 68 valence electrons. The van der Waals surface area contributed by atoms with Crippen molar-refractivity contribution in [2.24, 2.45) is 0 Å². The van der Waals surface area contributed by atoms with Crippen LogP contribution in [0.15, 0.2) is 6.20 Å². The summed E-state index contributed by atoms with van der Waals surface area (Å²) in [5.41, 5.74) is 0.958. The molecular formula is C7H15N5. The molecule has 0 atom stereocenters. The molecule has 0 radical (unpaired) electrons. The zero-order valence-electron chi connectivity index (χ0n) is 7.30. The van der Waals surface area contributed by atoms with Crippen LogP contribution in [0.5, 0.6) is 0 Å². The first-order valence-corrected chi connectivity index (χ1v) is 4.13. The monoisotopic (exact) mass is 169 g/mol. The lowest BCUT2D eigenvalue weighted by Gasteiger charge is -2.00. The number of rotatable bonds is 6. The van der Waals surface area contributed by atoms with E-state index >= 15 is 0 Å². The Morgan fingerprint density at radius 2 is 2.42 bits per heavy atom. The van der Waals surface area contributed by atoms with Crippen LogP contribution in [0.3, 0.4) is 0 Å². The van der Waals surface area contributed by atoms with Gasteiger partial charge in [-0.25, -0.2) is 0 Å². The second-order valence-electron chi connectivity index (χ2n) is 2.60. The van der Waals surface area contributed by atoms with Crippen LogP contribution in [0.2, 0.25) is 0 Å². The normalized spacial score (nSPS) is 10.4. The van der Waals surface area contributed by atoms with E-state index in [1.54, 1.807) is 6.20 Å². The molecule has 0 aliphatic rings. The number of hydrogen-bond acceptors (Lipinski definition) is 4. The summed E-state index contributed by atoms with van der Waals surface area (Å²) < 4.78 is 0. The molecule has 5 nitrogen and oxygen atoms in total. The van der Waals surface area contributed by atoms with Gasteiger partial charge in [-0.05, 0) is 26.6 Å². The summed E-state index contributed by atoms with van der Waals surface area (Å²) in [6.45, 7) is 2.85. The molecule has 1 heterocycles. The van der Waals surface area contributed by atoms with Gasteiger partial charge in [0.1, 0.15) is 0 Å². The molecule has 12 heavy (non-hydrogen) atoms. The minimum absolute atomic E-state index is 0.792. The van der Waals surface area contributed by atoms with Crippen molar-refractivity contribution in [2.45, 2.75) is 13.0 Å². The molecule has 1 aromatic heterocycles. The largest absolute Gasteiger partial charge is 0.320 e. The second kappa shape index (κ2) is 5.68. The molecular weight excluding hydrogens is 154 g/mol. The number of hydrogen-bond donors (Lipinski definition) is 3. The van der Waals surface area contributed by atoms with E-state index in [4.69, 9.17) is 0 Å². The van der Waals surface area contributed by atoms with Crippen LogP contribution in [0.1, 0.15) is 12.1 Å².